The Morgan fingerprint density at radius 2 is 1.15 bits per heavy atom. The van der Waals surface area contributed by atoms with Crippen molar-refractivity contribution in [3.63, 3.8) is 0 Å². The quantitative estimate of drug-likeness (QED) is 0.294. The Morgan fingerprint density at radius 3 is 1.67 bits per heavy atom. The molecule has 196 valence electrons. The third-order valence-corrected chi connectivity index (χ3v) is 8.18. The second kappa shape index (κ2) is 10.4. The van der Waals surface area contributed by atoms with Crippen molar-refractivity contribution in [2.24, 2.45) is 0 Å². The Bertz CT molecular complexity index is 1470. The summed E-state index contributed by atoms with van der Waals surface area (Å²) in [7, 11) is 0. The Morgan fingerprint density at radius 1 is 0.667 bits per heavy atom. The summed E-state index contributed by atoms with van der Waals surface area (Å²) < 4.78 is 0. The molecule has 4 aromatic rings. The molecule has 0 atom stereocenters. The summed E-state index contributed by atoms with van der Waals surface area (Å²) in [5, 5.41) is 11.8. The van der Waals surface area contributed by atoms with Crippen molar-refractivity contribution < 1.29 is 14.7 Å². The van der Waals surface area contributed by atoms with Gasteiger partial charge in [-0.2, -0.15) is 0 Å². The van der Waals surface area contributed by atoms with E-state index in [2.05, 4.69) is 29.2 Å². The zero-order chi connectivity index (χ0) is 27.0. The van der Waals surface area contributed by atoms with Gasteiger partial charge in [0.15, 0.2) is 0 Å². The van der Waals surface area contributed by atoms with E-state index in [0.717, 1.165) is 41.9 Å². The molecule has 0 radical (unpaired) electrons. The number of amides is 2. The molecule has 1 N–H and O–H groups in total. The van der Waals surface area contributed by atoms with Crippen LogP contribution in [0.15, 0.2) is 97.1 Å². The number of imide groups is 1. The fraction of sp³-hybridized carbons (Fsp3) is 0.212. The van der Waals surface area contributed by atoms with Gasteiger partial charge in [-0.1, -0.05) is 84.4 Å². The molecule has 0 unspecified atom stereocenters. The van der Waals surface area contributed by atoms with Gasteiger partial charge in [-0.3, -0.25) is 19.4 Å². The van der Waals surface area contributed by atoms with E-state index < -0.39 is 5.60 Å². The fourth-order valence-electron chi connectivity index (χ4n) is 5.56. The normalized spacial score (nSPS) is 16.9. The van der Waals surface area contributed by atoms with Gasteiger partial charge in [0.2, 0.25) is 0 Å². The summed E-state index contributed by atoms with van der Waals surface area (Å²) in [4.78, 5) is 29.0. The highest BCUT2D eigenvalue weighted by molar-refractivity contribution is 6.30. The van der Waals surface area contributed by atoms with Gasteiger partial charge in [-0.05, 0) is 64.9 Å². The van der Waals surface area contributed by atoms with Crippen LogP contribution >= 0.6 is 11.6 Å². The molecule has 39 heavy (non-hydrogen) atoms. The Balaban J connectivity index is 1.05. The zero-order valence-corrected chi connectivity index (χ0v) is 22.3. The van der Waals surface area contributed by atoms with Gasteiger partial charge in [-0.25, -0.2) is 0 Å². The molecule has 4 aromatic carbocycles. The van der Waals surface area contributed by atoms with Crippen LogP contribution in [-0.2, 0) is 18.7 Å². The van der Waals surface area contributed by atoms with Gasteiger partial charge < -0.3 is 5.11 Å². The number of nitrogens with zero attached hydrogens (tertiary/aromatic N) is 2. The summed E-state index contributed by atoms with van der Waals surface area (Å²) in [5.41, 5.74) is 5.43. The number of carbonyl (C=O) groups is 2. The first-order valence-corrected chi connectivity index (χ1v) is 13.6. The van der Waals surface area contributed by atoms with Gasteiger partial charge >= 0.3 is 0 Å². The van der Waals surface area contributed by atoms with Crippen molar-refractivity contribution in [2.75, 3.05) is 13.1 Å². The summed E-state index contributed by atoms with van der Waals surface area (Å²) in [6, 6.07) is 31.1. The van der Waals surface area contributed by atoms with E-state index in [4.69, 9.17) is 11.6 Å². The first-order chi connectivity index (χ1) is 18.9. The molecule has 2 amide bonds. The van der Waals surface area contributed by atoms with E-state index in [9.17, 15) is 14.7 Å². The third-order valence-electron chi connectivity index (χ3n) is 7.93. The maximum atomic E-state index is 12.7. The molecular weight excluding hydrogens is 508 g/mol. The second-order valence-corrected chi connectivity index (χ2v) is 10.9. The van der Waals surface area contributed by atoms with E-state index in [-0.39, 0.29) is 18.4 Å². The highest BCUT2D eigenvalue weighted by Gasteiger charge is 2.35. The van der Waals surface area contributed by atoms with Crippen LogP contribution in [0.3, 0.4) is 0 Å². The SMILES string of the molecule is O=C1c2ccccc2C(=O)N1Cc1ccc(-c2ccc(CN3CCC(O)(c4ccc(Cl)cc4)CC3)cc2)cc1. The monoisotopic (exact) mass is 536 g/mol. The Kier molecular flexibility index (Phi) is 6.81. The minimum Gasteiger partial charge on any atom is -0.385 e. The van der Waals surface area contributed by atoms with E-state index in [1.54, 1.807) is 24.3 Å². The number of benzene rings is 4. The molecule has 1 fully saturated rings. The average Bonchev–Trinajstić information content (AvgIpc) is 3.20. The maximum absolute atomic E-state index is 12.7. The van der Waals surface area contributed by atoms with Crippen LogP contribution < -0.4 is 0 Å². The summed E-state index contributed by atoms with van der Waals surface area (Å²) >= 11 is 6.01. The number of hydrogen-bond donors (Lipinski definition) is 1. The smallest absolute Gasteiger partial charge is 0.261 e. The van der Waals surface area contributed by atoms with Crippen molar-refractivity contribution in [2.45, 2.75) is 31.5 Å². The lowest BCUT2D eigenvalue weighted by Crippen LogP contribution is -2.42. The average molecular weight is 537 g/mol. The number of hydrogen-bond acceptors (Lipinski definition) is 4. The topological polar surface area (TPSA) is 60.9 Å². The number of likely N-dealkylation sites (tertiary alicyclic amines) is 1. The van der Waals surface area contributed by atoms with Gasteiger partial charge in [0, 0.05) is 24.7 Å². The van der Waals surface area contributed by atoms with Crippen LogP contribution in [0.4, 0.5) is 0 Å². The number of aliphatic hydroxyl groups is 1. The van der Waals surface area contributed by atoms with Crippen LogP contribution in [0.1, 0.15) is 50.2 Å². The van der Waals surface area contributed by atoms with E-state index in [0.29, 0.717) is 29.0 Å². The lowest BCUT2D eigenvalue weighted by atomic mass is 9.84. The molecule has 0 aliphatic carbocycles. The van der Waals surface area contributed by atoms with Gasteiger partial charge in [0.25, 0.3) is 11.8 Å². The number of rotatable bonds is 6. The highest BCUT2D eigenvalue weighted by Crippen LogP contribution is 2.34. The van der Waals surface area contributed by atoms with Crippen molar-refractivity contribution in [1.82, 2.24) is 9.80 Å². The number of halogens is 1. The molecule has 6 rings (SSSR count). The summed E-state index contributed by atoms with van der Waals surface area (Å²) in [5.74, 6) is -0.475. The van der Waals surface area contributed by atoms with Gasteiger partial charge in [0.05, 0.1) is 23.3 Å². The molecule has 5 nitrogen and oxygen atoms in total. The van der Waals surface area contributed by atoms with E-state index in [1.165, 1.54) is 10.5 Å². The fourth-order valence-corrected chi connectivity index (χ4v) is 5.68. The molecule has 0 saturated carbocycles. The van der Waals surface area contributed by atoms with Crippen molar-refractivity contribution >= 4 is 23.4 Å². The molecule has 2 heterocycles. The lowest BCUT2D eigenvalue weighted by molar-refractivity contribution is -0.0277. The summed E-state index contributed by atoms with van der Waals surface area (Å²) in [6.45, 7) is 2.76. The summed E-state index contributed by atoms with van der Waals surface area (Å²) in [6.07, 6.45) is 1.39. The van der Waals surface area contributed by atoms with E-state index >= 15 is 0 Å². The predicted molar refractivity (Wildman–Crippen MR) is 152 cm³/mol. The predicted octanol–water partition coefficient (Wildman–Crippen LogP) is 6.29. The van der Waals surface area contributed by atoms with E-state index in [1.807, 2.05) is 48.5 Å². The third kappa shape index (κ3) is 5.13. The molecular formula is C33H29ClN2O3. The number of carbonyl (C=O) groups excluding carboxylic acids is 2. The Hall–Kier alpha value is -3.77. The van der Waals surface area contributed by atoms with Crippen molar-refractivity contribution in [3.8, 4) is 11.1 Å². The minimum absolute atomic E-state index is 0.237. The second-order valence-electron chi connectivity index (χ2n) is 10.5. The first-order valence-electron chi connectivity index (χ1n) is 13.2. The standard InChI is InChI=1S/C33H29ClN2O3/c34-28-15-13-27(14-16-28)33(39)17-19-35(20-18-33)21-23-5-9-25(10-6-23)26-11-7-24(8-12-26)22-36-31(37)29-3-1-2-4-30(29)32(36)38/h1-16,39H,17-22H2. The number of fused-ring (bicyclic) bond motifs is 1. The van der Waals surface area contributed by atoms with Crippen LogP contribution in [0.2, 0.25) is 5.02 Å². The molecule has 6 heteroatoms. The molecule has 2 aliphatic heterocycles. The molecule has 0 bridgehead atoms. The maximum Gasteiger partial charge on any atom is 0.261 e. The molecule has 2 aliphatic rings. The Labute approximate surface area is 233 Å². The van der Waals surface area contributed by atoms with Crippen LogP contribution in [0.5, 0.6) is 0 Å². The highest BCUT2D eigenvalue weighted by atomic mass is 35.5. The van der Waals surface area contributed by atoms with Crippen LogP contribution in [0.25, 0.3) is 11.1 Å². The van der Waals surface area contributed by atoms with Crippen molar-refractivity contribution in [3.05, 3.63) is 130 Å². The van der Waals surface area contributed by atoms with Gasteiger partial charge in [0.1, 0.15) is 0 Å². The van der Waals surface area contributed by atoms with Crippen molar-refractivity contribution in [1.29, 1.82) is 0 Å². The largest absolute Gasteiger partial charge is 0.385 e. The van der Waals surface area contributed by atoms with Crippen LogP contribution in [0, 0.1) is 0 Å². The van der Waals surface area contributed by atoms with Crippen LogP contribution in [-0.4, -0.2) is 39.8 Å². The minimum atomic E-state index is -0.795. The molecule has 0 spiro atoms. The first kappa shape index (κ1) is 25.5. The van der Waals surface area contributed by atoms with Gasteiger partial charge in [-0.15, -0.1) is 0 Å². The molecule has 1 saturated heterocycles. The number of piperidine rings is 1. The zero-order valence-electron chi connectivity index (χ0n) is 21.5. The lowest BCUT2D eigenvalue weighted by Gasteiger charge is -2.38. The molecule has 0 aromatic heterocycles.